The van der Waals surface area contributed by atoms with Crippen molar-refractivity contribution in [3.05, 3.63) is 64.7 Å². The highest BCUT2D eigenvalue weighted by Crippen LogP contribution is 2.40. The van der Waals surface area contributed by atoms with Crippen molar-refractivity contribution in [2.75, 3.05) is 6.54 Å². The molecule has 2 atom stereocenters. The smallest absolute Gasteiger partial charge is 0.260 e. The fourth-order valence-corrected chi connectivity index (χ4v) is 5.31. The van der Waals surface area contributed by atoms with Crippen molar-refractivity contribution in [2.24, 2.45) is 5.92 Å². The highest BCUT2D eigenvalue weighted by Gasteiger charge is 2.36. The molecule has 0 bridgehead atoms. The van der Waals surface area contributed by atoms with Crippen molar-refractivity contribution in [2.45, 2.75) is 77.0 Å². The van der Waals surface area contributed by atoms with Gasteiger partial charge in [-0.2, -0.15) is 0 Å². The van der Waals surface area contributed by atoms with Gasteiger partial charge in [0.2, 0.25) is 5.91 Å². The Hall–Kier alpha value is -2.82. The molecule has 5 rings (SSSR count). The van der Waals surface area contributed by atoms with Crippen LogP contribution in [0, 0.1) is 12.8 Å². The zero-order valence-corrected chi connectivity index (χ0v) is 19.7. The first kappa shape index (κ1) is 22.0. The van der Waals surface area contributed by atoms with E-state index in [0.717, 1.165) is 62.6 Å². The Kier molecular flexibility index (Phi) is 6.13. The summed E-state index contributed by atoms with van der Waals surface area (Å²) in [6, 6.07) is 14.8. The van der Waals surface area contributed by atoms with Crippen LogP contribution in [0.2, 0.25) is 0 Å². The molecule has 2 saturated carbocycles. The highest BCUT2D eigenvalue weighted by molar-refractivity contribution is 5.81. The fourth-order valence-electron chi connectivity index (χ4n) is 5.31. The SMILES string of the molecule is Cc1cccc([C@H]2c3cc(O[C@H](C)C(=O)NC4CC4)ccc3CCN2C(=O)C2CCCC2)c1. The summed E-state index contributed by atoms with van der Waals surface area (Å²) in [6.45, 7) is 4.63. The summed E-state index contributed by atoms with van der Waals surface area (Å²) in [6.07, 6.45) is 6.69. The van der Waals surface area contributed by atoms with Crippen LogP contribution in [0.1, 0.15) is 73.7 Å². The zero-order valence-electron chi connectivity index (χ0n) is 19.7. The predicted molar refractivity (Wildman–Crippen MR) is 128 cm³/mol. The van der Waals surface area contributed by atoms with E-state index in [1.165, 1.54) is 11.1 Å². The minimum absolute atomic E-state index is 0.0662. The number of rotatable bonds is 6. The van der Waals surface area contributed by atoms with E-state index in [9.17, 15) is 9.59 Å². The molecular formula is C28H34N2O3. The number of carbonyl (C=O) groups excluding carboxylic acids is 2. The molecule has 1 N–H and O–H groups in total. The van der Waals surface area contributed by atoms with Crippen LogP contribution in [0.5, 0.6) is 5.75 Å². The lowest BCUT2D eigenvalue weighted by atomic mass is 9.86. The van der Waals surface area contributed by atoms with E-state index in [1.54, 1.807) is 6.92 Å². The van der Waals surface area contributed by atoms with Gasteiger partial charge in [-0.05, 0) is 74.8 Å². The molecule has 0 unspecified atom stereocenters. The van der Waals surface area contributed by atoms with Crippen LogP contribution in [0.4, 0.5) is 0 Å². The van der Waals surface area contributed by atoms with Gasteiger partial charge in [0.05, 0.1) is 6.04 Å². The number of carbonyl (C=O) groups is 2. The van der Waals surface area contributed by atoms with Gasteiger partial charge in [0.1, 0.15) is 5.75 Å². The maximum atomic E-state index is 13.6. The van der Waals surface area contributed by atoms with Crippen LogP contribution in [-0.2, 0) is 16.0 Å². The second-order valence-electron chi connectivity index (χ2n) is 9.98. The number of hydrogen-bond acceptors (Lipinski definition) is 3. The van der Waals surface area contributed by atoms with E-state index in [2.05, 4.69) is 53.5 Å². The first-order chi connectivity index (χ1) is 16.0. The molecule has 174 valence electrons. The van der Waals surface area contributed by atoms with Crippen LogP contribution in [-0.4, -0.2) is 35.4 Å². The van der Waals surface area contributed by atoms with Crippen molar-refractivity contribution in [1.82, 2.24) is 10.2 Å². The molecule has 0 aromatic heterocycles. The Morgan fingerprint density at radius 1 is 1.06 bits per heavy atom. The minimum atomic E-state index is -0.555. The lowest BCUT2D eigenvalue weighted by Crippen LogP contribution is -2.43. The standard InChI is InChI=1S/C28H34N2O3/c1-18-6-5-9-22(16-18)26-25-17-24(33-19(2)27(31)29-23-11-12-23)13-10-20(25)14-15-30(26)28(32)21-7-3-4-8-21/h5-6,9-10,13,16-17,19,21,23,26H,3-4,7-8,11-12,14-15H2,1-2H3,(H,29,31)/t19-,26+/m1/s1. The van der Waals surface area contributed by atoms with Crippen molar-refractivity contribution >= 4 is 11.8 Å². The molecule has 1 heterocycles. The molecule has 0 saturated heterocycles. The molecule has 2 aromatic carbocycles. The van der Waals surface area contributed by atoms with E-state index < -0.39 is 6.10 Å². The number of nitrogens with one attached hydrogen (secondary N) is 1. The minimum Gasteiger partial charge on any atom is -0.481 e. The lowest BCUT2D eigenvalue weighted by Gasteiger charge is -2.39. The van der Waals surface area contributed by atoms with Crippen molar-refractivity contribution < 1.29 is 14.3 Å². The summed E-state index contributed by atoms with van der Waals surface area (Å²) in [5.41, 5.74) is 4.69. The van der Waals surface area contributed by atoms with Crippen molar-refractivity contribution in [3.63, 3.8) is 0 Å². The van der Waals surface area contributed by atoms with Gasteiger partial charge in [0.15, 0.2) is 6.10 Å². The summed E-state index contributed by atoms with van der Waals surface area (Å²) in [4.78, 5) is 28.1. The van der Waals surface area contributed by atoms with E-state index in [4.69, 9.17) is 4.74 Å². The maximum absolute atomic E-state index is 13.6. The number of aryl methyl sites for hydroxylation is 1. The summed E-state index contributed by atoms with van der Waals surface area (Å²) in [5, 5.41) is 3.01. The van der Waals surface area contributed by atoms with Gasteiger partial charge in [0, 0.05) is 18.5 Å². The third-order valence-electron chi connectivity index (χ3n) is 7.30. The zero-order chi connectivity index (χ0) is 22.9. The average molecular weight is 447 g/mol. The van der Waals surface area contributed by atoms with Crippen molar-refractivity contribution in [3.8, 4) is 5.75 Å². The lowest BCUT2D eigenvalue weighted by molar-refractivity contribution is -0.137. The van der Waals surface area contributed by atoms with Gasteiger partial charge >= 0.3 is 0 Å². The Balaban J connectivity index is 1.46. The first-order valence-corrected chi connectivity index (χ1v) is 12.5. The third-order valence-corrected chi connectivity index (χ3v) is 7.30. The van der Waals surface area contributed by atoms with Crippen LogP contribution in [0.25, 0.3) is 0 Å². The van der Waals surface area contributed by atoms with E-state index in [0.29, 0.717) is 11.8 Å². The average Bonchev–Trinajstić information content (AvgIpc) is 3.45. The normalized spacial score (nSPS) is 21.4. The van der Waals surface area contributed by atoms with Gasteiger partial charge in [-0.15, -0.1) is 0 Å². The predicted octanol–water partition coefficient (Wildman–Crippen LogP) is 4.71. The molecule has 33 heavy (non-hydrogen) atoms. The van der Waals surface area contributed by atoms with E-state index >= 15 is 0 Å². The van der Waals surface area contributed by atoms with Crippen LogP contribution in [0.3, 0.4) is 0 Å². The van der Waals surface area contributed by atoms with Crippen LogP contribution < -0.4 is 10.1 Å². The molecule has 0 spiro atoms. The molecule has 1 aliphatic heterocycles. The second-order valence-corrected chi connectivity index (χ2v) is 9.98. The quantitative estimate of drug-likeness (QED) is 0.699. The molecule has 2 fully saturated rings. The molecule has 2 aliphatic carbocycles. The number of amides is 2. The second kappa shape index (κ2) is 9.20. The summed E-state index contributed by atoms with van der Waals surface area (Å²) in [5.74, 6) is 1.04. The monoisotopic (exact) mass is 446 g/mol. The van der Waals surface area contributed by atoms with Gasteiger partial charge in [-0.1, -0.05) is 48.7 Å². The van der Waals surface area contributed by atoms with Gasteiger partial charge in [-0.25, -0.2) is 0 Å². The molecule has 3 aliphatic rings. The van der Waals surface area contributed by atoms with Crippen LogP contribution in [0.15, 0.2) is 42.5 Å². The molecule has 2 aromatic rings. The molecule has 0 radical (unpaired) electrons. The Morgan fingerprint density at radius 3 is 2.58 bits per heavy atom. The fraction of sp³-hybridized carbons (Fsp3) is 0.500. The maximum Gasteiger partial charge on any atom is 0.260 e. The van der Waals surface area contributed by atoms with Gasteiger partial charge in [-0.3, -0.25) is 9.59 Å². The van der Waals surface area contributed by atoms with Crippen molar-refractivity contribution in [1.29, 1.82) is 0 Å². The summed E-state index contributed by atoms with van der Waals surface area (Å²) < 4.78 is 6.06. The molecule has 2 amide bonds. The number of ether oxygens (including phenoxy) is 1. The topological polar surface area (TPSA) is 58.6 Å². The van der Waals surface area contributed by atoms with Gasteiger partial charge < -0.3 is 15.0 Å². The molecule has 5 nitrogen and oxygen atoms in total. The number of nitrogens with zero attached hydrogens (tertiary/aromatic N) is 1. The summed E-state index contributed by atoms with van der Waals surface area (Å²) >= 11 is 0. The number of hydrogen-bond donors (Lipinski definition) is 1. The Labute approximate surface area is 196 Å². The third kappa shape index (κ3) is 4.78. The highest BCUT2D eigenvalue weighted by atomic mass is 16.5. The van der Waals surface area contributed by atoms with E-state index in [1.807, 2.05) is 6.07 Å². The largest absolute Gasteiger partial charge is 0.481 e. The molecule has 5 heteroatoms. The Morgan fingerprint density at radius 2 is 1.85 bits per heavy atom. The van der Waals surface area contributed by atoms with Gasteiger partial charge in [0.25, 0.3) is 5.91 Å². The molecular weight excluding hydrogens is 412 g/mol. The first-order valence-electron chi connectivity index (χ1n) is 12.5. The Bertz CT molecular complexity index is 1040. The number of benzene rings is 2. The summed E-state index contributed by atoms with van der Waals surface area (Å²) in [7, 11) is 0. The van der Waals surface area contributed by atoms with E-state index in [-0.39, 0.29) is 23.8 Å². The van der Waals surface area contributed by atoms with Crippen LogP contribution >= 0.6 is 0 Å². The number of fused-ring (bicyclic) bond motifs is 1.